The van der Waals surface area contributed by atoms with Gasteiger partial charge in [-0.2, -0.15) is 0 Å². The first-order valence-corrected chi connectivity index (χ1v) is 5.87. The predicted octanol–water partition coefficient (Wildman–Crippen LogP) is 2.17. The van der Waals surface area contributed by atoms with Crippen molar-refractivity contribution in [1.82, 2.24) is 4.98 Å². The summed E-state index contributed by atoms with van der Waals surface area (Å²) in [5.74, 6) is -1.91. The lowest BCUT2D eigenvalue weighted by Gasteiger charge is -2.29. The molecule has 0 saturated carbocycles. The zero-order valence-corrected chi connectivity index (χ0v) is 10.7. The van der Waals surface area contributed by atoms with Crippen LogP contribution < -0.4 is 11.1 Å². The lowest BCUT2D eigenvalue weighted by Crippen LogP contribution is -2.45. The normalized spacial score (nSPS) is 13.6. The van der Waals surface area contributed by atoms with Crippen LogP contribution >= 0.6 is 0 Å². The highest BCUT2D eigenvalue weighted by Gasteiger charge is 2.34. The zero-order chi connectivity index (χ0) is 14.8. The first-order valence-electron chi connectivity index (χ1n) is 5.87. The summed E-state index contributed by atoms with van der Waals surface area (Å²) in [5, 5.41) is 2.71. The molecule has 0 saturated heterocycles. The SMILES string of the molecule is CC(Nc1ccccc1F)(C(N)=O)c1cncc(F)c1. The van der Waals surface area contributed by atoms with Gasteiger partial charge >= 0.3 is 0 Å². The fourth-order valence-electron chi connectivity index (χ4n) is 1.79. The number of rotatable bonds is 4. The minimum Gasteiger partial charge on any atom is -0.367 e. The summed E-state index contributed by atoms with van der Waals surface area (Å²) in [6.45, 7) is 1.44. The Labute approximate surface area is 114 Å². The number of halogens is 2. The van der Waals surface area contributed by atoms with Gasteiger partial charge in [0.15, 0.2) is 0 Å². The van der Waals surface area contributed by atoms with Crippen molar-refractivity contribution in [2.24, 2.45) is 5.73 Å². The van der Waals surface area contributed by atoms with Crippen LogP contribution in [0.3, 0.4) is 0 Å². The van der Waals surface area contributed by atoms with E-state index in [1.807, 2.05) is 0 Å². The Balaban J connectivity index is 2.46. The van der Waals surface area contributed by atoms with Crippen molar-refractivity contribution in [2.75, 3.05) is 5.32 Å². The summed E-state index contributed by atoms with van der Waals surface area (Å²) in [7, 11) is 0. The van der Waals surface area contributed by atoms with Crippen molar-refractivity contribution in [3.63, 3.8) is 0 Å². The number of nitrogens with zero attached hydrogens (tertiary/aromatic N) is 1. The fourth-order valence-corrected chi connectivity index (χ4v) is 1.79. The number of hydrogen-bond donors (Lipinski definition) is 2. The molecule has 0 aliphatic heterocycles. The highest BCUT2D eigenvalue weighted by Crippen LogP contribution is 2.27. The van der Waals surface area contributed by atoms with Gasteiger partial charge in [0.25, 0.3) is 0 Å². The van der Waals surface area contributed by atoms with Crippen molar-refractivity contribution in [3.05, 3.63) is 59.9 Å². The Morgan fingerprint density at radius 2 is 2.00 bits per heavy atom. The van der Waals surface area contributed by atoms with Crippen LogP contribution in [0.15, 0.2) is 42.7 Å². The summed E-state index contributed by atoms with van der Waals surface area (Å²) in [6, 6.07) is 6.96. The molecule has 0 bridgehead atoms. The third-order valence-corrected chi connectivity index (χ3v) is 3.03. The third kappa shape index (κ3) is 2.59. The summed E-state index contributed by atoms with van der Waals surface area (Å²) in [5.41, 5.74) is 4.21. The molecule has 1 heterocycles. The van der Waals surface area contributed by atoms with Crippen LogP contribution in [0.25, 0.3) is 0 Å². The average molecular weight is 277 g/mol. The molecule has 6 heteroatoms. The average Bonchev–Trinajstić information content (AvgIpc) is 2.41. The highest BCUT2D eigenvalue weighted by atomic mass is 19.1. The molecule has 3 N–H and O–H groups in total. The van der Waals surface area contributed by atoms with Crippen LogP contribution in [-0.2, 0) is 10.3 Å². The van der Waals surface area contributed by atoms with Gasteiger partial charge in [0.1, 0.15) is 17.2 Å². The van der Waals surface area contributed by atoms with Gasteiger partial charge in [-0.15, -0.1) is 0 Å². The molecule has 4 nitrogen and oxygen atoms in total. The van der Waals surface area contributed by atoms with Gasteiger partial charge in [-0.1, -0.05) is 12.1 Å². The van der Waals surface area contributed by atoms with Crippen LogP contribution in [0.5, 0.6) is 0 Å². The topological polar surface area (TPSA) is 68.0 Å². The number of hydrogen-bond acceptors (Lipinski definition) is 3. The first-order chi connectivity index (χ1) is 9.43. The number of aromatic nitrogens is 1. The van der Waals surface area contributed by atoms with E-state index < -0.39 is 23.1 Å². The number of pyridine rings is 1. The number of para-hydroxylation sites is 1. The largest absolute Gasteiger partial charge is 0.367 e. The summed E-state index contributed by atoms with van der Waals surface area (Å²) in [4.78, 5) is 15.4. The van der Waals surface area contributed by atoms with Crippen LogP contribution in [0.1, 0.15) is 12.5 Å². The lowest BCUT2D eigenvalue weighted by atomic mass is 9.92. The number of carbonyl (C=O) groups excluding carboxylic acids is 1. The molecular formula is C14H13F2N3O. The molecule has 1 amide bonds. The second-order valence-electron chi connectivity index (χ2n) is 4.49. The van der Waals surface area contributed by atoms with Crippen LogP contribution in [-0.4, -0.2) is 10.9 Å². The fraction of sp³-hybridized carbons (Fsp3) is 0.143. The van der Waals surface area contributed by atoms with Gasteiger partial charge < -0.3 is 11.1 Å². The molecule has 2 aromatic rings. The van der Waals surface area contributed by atoms with Gasteiger partial charge in [-0.3, -0.25) is 9.78 Å². The molecule has 0 spiro atoms. The Kier molecular flexibility index (Phi) is 3.65. The van der Waals surface area contributed by atoms with E-state index in [4.69, 9.17) is 5.73 Å². The Bertz CT molecular complexity index is 648. The molecule has 0 aliphatic rings. The Morgan fingerprint density at radius 3 is 2.60 bits per heavy atom. The van der Waals surface area contributed by atoms with Gasteiger partial charge in [0.2, 0.25) is 5.91 Å². The molecule has 1 aromatic carbocycles. The van der Waals surface area contributed by atoms with E-state index in [9.17, 15) is 13.6 Å². The number of benzene rings is 1. The van der Waals surface area contributed by atoms with Crippen molar-refractivity contribution in [2.45, 2.75) is 12.5 Å². The number of nitrogens with one attached hydrogen (secondary N) is 1. The maximum atomic E-state index is 13.7. The minimum atomic E-state index is -1.47. The molecule has 104 valence electrons. The molecule has 2 rings (SSSR count). The number of anilines is 1. The van der Waals surface area contributed by atoms with Crippen LogP contribution in [0.4, 0.5) is 14.5 Å². The van der Waals surface area contributed by atoms with Crippen molar-refractivity contribution >= 4 is 11.6 Å². The molecule has 1 unspecified atom stereocenters. The lowest BCUT2D eigenvalue weighted by molar-refractivity contribution is -0.122. The maximum Gasteiger partial charge on any atom is 0.247 e. The van der Waals surface area contributed by atoms with E-state index in [0.717, 1.165) is 12.3 Å². The van der Waals surface area contributed by atoms with Gasteiger partial charge in [0.05, 0.1) is 11.9 Å². The highest BCUT2D eigenvalue weighted by molar-refractivity contribution is 5.88. The maximum absolute atomic E-state index is 13.7. The molecule has 1 atom stereocenters. The molecule has 20 heavy (non-hydrogen) atoms. The number of carbonyl (C=O) groups is 1. The molecule has 0 aliphatic carbocycles. The number of nitrogens with two attached hydrogens (primary N) is 1. The zero-order valence-electron chi connectivity index (χ0n) is 10.7. The van der Waals surface area contributed by atoms with Gasteiger partial charge in [-0.05, 0) is 25.1 Å². The second kappa shape index (κ2) is 5.24. The standard InChI is InChI=1S/C14H13F2N3O/c1-14(13(17)20,9-6-10(15)8-18-7-9)19-12-5-3-2-4-11(12)16/h2-8,19H,1H3,(H2,17,20). The van der Waals surface area contributed by atoms with Crippen molar-refractivity contribution < 1.29 is 13.6 Å². The minimum absolute atomic E-state index is 0.0954. The van der Waals surface area contributed by atoms with E-state index in [2.05, 4.69) is 10.3 Å². The monoisotopic (exact) mass is 277 g/mol. The quantitative estimate of drug-likeness (QED) is 0.900. The predicted molar refractivity (Wildman–Crippen MR) is 70.8 cm³/mol. The van der Waals surface area contributed by atoms with Crippen LogP contribution in [0.2, 0.25) is 0 Å². The van der Waals surface area contributed by atoms with Crippen molar-refractivity contribution in [1.29, 1.82) is 0 Å². The number of primary amides is 1. The molecule has 0 fully saturated rings. The third-order valence-electron chi connectivity index (χ3n) is 3.03. The summed E-state index contributed by atoms with van der Waals surface area (Å²) in [6.07, 6.45) is 2.32. The van der Waals surface area contributed by atoms with Crippen LogP contribution in [0, 0.1) is 11.6 Å². The Hall–Kier alpha value is -2.50. The smallest absolute Gasteiger partial charge is 0.247 e. The van der Waals surface area contributed by atoms with E-state index >= 15 is 0 Å². The van der Waals surface area contributed by atoms with E-state index in [-0.39, 0.29) is 11.3 Å². The van der Waals surface area contributed by atoms with Gasteiger partial charge in [0, 0.05) is 11.8 Å². The molecule has 0 radical (unpaired) electrons. The summed E-state index contributed by atoms with van der Waals surface area (Å²) >= 11 is 0. The molecule has 1 aromatic heterocycles. The summed E-state index contributed by atoms with van der Waals surface area (Å²) < 4.78 is 26.9. The van der Waals surface area contributed by atoms with Crippen molar-refractivity contribution in [3.8, 4) is 0 Å². The van der Waals surface area contributed by atoms with Gasteiger partial charge in [-0.25, -0.2) is 8.78 Å². The second-order valence-corrected chi connectivity index (χ2v) is 4.49. The van der Waals surface area contributed by atoms with E-state index in [1.165, 1.54) is 31.3 Å². The molecular weight excluding hydrogens is 264 g/mol. The first kappa shape index (κ1) is 13.9. The van der Waals surface area contributed by atoms with E-state index in [0.29, 0.717) is 0 Å². The Morgan fingerprint density at radius 1 is 1.30 bits per heavy atom. The number of amides is 1. The van der Waals surface area contributed by atoms with E-state index in [1.54, 1.807) is 6.07 Å².